The van der Waals surface area contributed by atoms with Gasteiger partial charge in [-0.15, -0.1) is 22.9 Å². The average molecular weight is 450 g/mol. The second-order valence-electron chi connectivity index (χ2n) is 6.05. The predicted octanol–water partition coefficient (Wildman–Crippen LogP) is 3.59. The van der Waals surface area contributed by atoms with E-state index >= 15 is 0 Å². The summed E-state index contributed by atoms with van der Waals surface area (Å²) in [6.07, 6.45) is 0.101. The van der Waals surface area contributed by atoms with Gasteiger partial charge in [-0.25, -0.2) is 4.79 Å². The molecule has 1 amide bonds. The highest BCUT2D eigenvalue weighted by atomic mass is 35.5. The third-order valence-corrected chi connectivity index (χ3v) is 5.17. The van der Waals surface area contributed by atoms with E-state index in [1.54, 1.807) is 36.6 Å². The smallest absolute Gasteiger partial charge is 0.359 e. The lowest BCUT2D eigenvalue weighted by molar-refractivity contribution is -0.115. The van der Waals surface area contributed by atoms with Crippen LogP contribution in [0.2, 0.25) is 0 Å². The molecule has 8 nitrogen and oxygen atoms in total. The summed E-state index contributed by atoms with van der Waals surface area (Å²) in [6.45, 7) is 4.23. The SMILES string of the molecule is CCOC(=O)c1nn(-c2ccc(OCC)cc2)c(=O)c2c(NC(=O)CCCl)scc12. The van der Waals surface area contributed by atoms with Gasteiger partial charge in [0.15, 0.2) is 5.69 Å². The van der Waals surface area contributed by atoms with Gasteiger partial charge in [-0.2, -0.15) is 9.78 Å². The minimum absolute atomic E-state index is 0.00516. The summed E-state index contributed by atoms with van der Waals surface area (Å²) in [4.78, 5) is 37.8. The Bertz CT molecular complexity index is 1120. The molecule has 0 aliphatic carbocycles. The molecule has 3 aromatic rings. The number of thiophene rings is 1. The lowest BCUT2D eigenvalue weighted by Crippen LogP contribution is -2.25. The van der Waals surface area contributed by atoms with Crippen LogP contribution in [0.4, 0.5) is 5.00 Å². The monoisotopic (exact) mass is 449 g/mol. The van der Waals surface area contributed by atoms with Crippen molar-refractivity contribution in [3.8, 4) is 11.4 Å². The molecule has 0 saturated carbocycles. The molecule has 158 valence electrons. The van der Waals surface area contributed by atoms with Crippen LogP contribution in [0.5, 0.6) is 5.75 Å². The zero-order chi connectivity index (χ0) is 21.7. The van der Waals surface area contributed by atoms with Crippen LogP contribution in [0.1, 0.15) is 30.8 Å². The topological polar surface area (TPSA) is 99.5 Å². The summed E-state index contributed by atoms with van der Waals surface area (Å²) in [5.41, 5.74) is -0.0285. The molecule has 0 saturated heterocycles. The second kappa shape index (κ2) is 9.73. The summed E-state index contributed by atoms with van der Waals surface area (Å²) in [5.74, 6) is -0.180. The average Bonchev–Trinajstić information content (AvgIpc) is 3.14. The van der Waals surface area contributed by atoms with E-state index in [9.17, 15) is 14.4 Å². The molecule has 2 heterocycles. The van der Waals surface area contributed by atoms with Crippen LogP contribution in [-0.2, 0) is 9.53 Å². The molecular weight excluding hydrogens is 430 g/mol. The quantitative estimate of drug-likeness (QED) is 0.416. The first-order chi connectivity index (χ1) is 14.5. The number of esters is 1. The molecule has 0 radical (unpaired) electrons. The molecule has 0 spiro atoms. The Morgan fingerprint density at radius 1 is 1.20 bits per heavy atom. The van der Waals surface area contributed by atoms with Gasteiger partial charge in [-0.1, -0.05) is 0 Å². The van der Waals surface area contributed by atoms with Crippen LogP contribution in [-0.4, -0.2) is 40.8 Å². The van der Waals surface area contributed by atoms with Crippen LogP contribution in [0.3, 0.4) is 0 Å². The molecule has 0 unspecified atom stereocenters. The molecule has 1 N–H and O–H groups in total. The summed E-state index contributed by atoms with van der Waals surface area (Å²) in [5, 5.41) is 9.40. The lowest BCUT2D eigenvalue weighted by Gasteiger charge is -2.10. The maximum Gasteiger partial charge on any atom is 0.359 e. The first-order valence-corrected chi connectivity index (χ1v) is 10.7. The van der Waals surface area contributed by atoms with Gasteiger partial charge < -0.3 is 14.8 Å². The number of nitrogens with zero attached hydrogens (tertiary/aromatic N) is 2. The van der Waals surface area contributed by atoms with Crippen molar-refractivity contribution in [1.82, 2.24) is 9.78 Å². The number of anilines is 1. The van der Waals surface area contributed by atoms with Gasteiger partial charge in [0.1, 0.15) is 10.8 Å². The summed E-state index contributed by atoms with van der Waals surface area (Å²) in [6, 6.07) is 6.74. The zero-order valence-electron chi connectivity index (χ0n) is 16.4. The van der Waals surface area contributed by atoms with E-state index in [0.29, 0.717) is 28.4 Å². The first kappa shape index (κ1) is 21.8. The number of ether oxygens (including phenoxy) is 2. The minimum atomic E-state index is -0.654. The van der Waals surface area contributed by atoms with Gasteiger partial charge in [0.25, 0.3) is 5.56 Å². The molecule has 0 aliphatic rings. The Hall–Kier alpha value is -2.91. The van der Waals surface area contributed by atoms with Gasteiger partial charge >= 0.3 is 5.97 Å². The highest BCUT2D eigenvalue weighted by molar-refractivity contribution is 7.16. The van der Waals surface area contributed by atoms with Gasteiger partial charge in [-0.05, 0) is 38.1 Å². The van der Waals surface area contributed by atoms with E-state index in [-0.39, 0.29) is 35.9 Å². The number of carbonyl (C=O) groups is 2. The molecule has 2 aromatic heterocycles. The Morgan fingerprint density at radius 3 is 2.57 bits per heavy atom. The highest BCUT2D eigenvalue weighted by Gasteiger charge is 2.23. The summed E-state index contributed by atoms with van der Waals surface area (Å²) < 4.78 is 11.7. The van der Waals surface area contributed by atoms with E-state index in [0.717, 1.165) is 16.0 Å². The maximum atomic E-state index is 13.2. The standard InChI is InChI=1S/C20H20ClN3O5S/c1-3-28-13-7-5-12(6-8-13)24-19(26)16-14(17(23-24)20(27)29-4-2)11-30-18(16)22-15(25)9-10-21/h5-8,11H,3-4,9-10H2,1-2H3,(H,22,25). The Kier molecular flexibility index (Phi) is 7.07. The van der Waals surface area contributed by atoms with E-state index < -0.39 is 11.5 Å². The van der Waals surface area contributed by atoms with Crippen molar-refractivity contribution in [2.45, 2.75) is 20.3 Å². The number of alkyl halides is 1. The zero-order valence-corrected chi connectivity index (χ0v) is 18.0. The molecule has 10 heteroatoms. The first-order valence-electron chi connectivity index (χ1n) is 9.30. The number of amides is 1. The molecule has 0 atom stereocenters. The van der Waals surface area contributed by atoms with E-state index in [4.69, 9.17) is 21.1 Å². The largest absolute Gasteiger partial charge is 0.494 e. The number of hydrogen-bond donors (Lipinski definition) is 1. The van der Waals surface area contributed by atoms with Crippen molar-refractivity contribution < 1.29 is 19.1 Å². The number of rotatable bonds is 8. The highest BCUT2D eigenvalue weighted by Crippen LogP contribution is 2.31. The molecule has 1 aromatic carbocycles. The minimum Gasteiger partial charge on any atom is -0.494 e. The van der Waals surface area contributed by atoms with Crippen molar-refractivity contribution in [2.75, 3.05) is 24.4 Å². The van der Waals surface area contributed by atoms with Crippen LogP contribution in [0, 0.1) is 0 Å². The van der Waals surface area contributed by atoms with Crippen LogP contribution < -0.4 is 15.6 Å². The fourth-order valence-electron chi connectivity index (χ4n) is 2.79. The number of nitrogens with one attached hydrogen (secondary N) is 1. The van der Waals surface area contributed by atoms with Crippen molar-refractivity contribution >= 4 is 50.6 Å². The van der Waals surface area contributed by atoms with Crippen molar-refractivity contribution in [2.24, 2.45) is 0 Å². The van der Waals surface area contributed by atoms with Crippen LogP contribution in [0.15, 0.2) is 34.4 Å². The lowest BCUT2D eigenvalue weighted by atomic mass is 10.2. The predicted molar refractivity (Wildman–Crippen MR) is 116 cm³/mol. The molecule has 3 rings (SSSR count). The number of aromatic nitrogens is 2. The van der Waals surface area contributed by atoms with Gasteiger partial charge in [0, 0.05) is 23.1 Å². The van der Waals surface area contributed by atoms with Crippen molar-refractivity contribution in [1.29, 1.82) is 0 Å². The Morgan fingerprint density at radius 2 is 1.93 bits per heavy atom. The van der Waals surface area contributed by atoms with E-state index in [2.05, 4.69) is 10.4 Å². The van der Waals surface area contributed by atoms with Crippen molar-refractivity contribution in [3.63, 3.8) is 0 Å². The number of hydrogen-bond acceptors (Lipinski definition) is 7. The number of halogens is 1. The Balaban J connectivity index is 2.18. The van der Waals surface area contributed by atoms with Gasteiger partial charge in [0.2, 0.25) is 5.91 Å². The van der Waals surface area contributed by atoms with Crippen LogP contribution >= 0.6 is 22.9 Å². The van der Waals surface area contributed by atoms with Gasteiger partial charge in [0.05, 0.1) is 24.3 Å². The normalized spacial score (nSPS) is 10.8. The molecular formula is C20H20ClN3O5S. The van der Waals surface area contributed by atoms with Crippen molar-refractivity contribution in [3.05, 3.63) is 45.7 Å². The second-order valence-corrected chi connectivity index (χ2v) is 7.31. The third-order valence-electron chi connectivity index (χ3n) is 4.09. The Labute approximate surface area is 181 Å². The summed E-state index contributed by atoms with van der Waals surface area (Å²) in [7, 11) is 0. The fourth-order valence-corrected chi connectivity index (χ4v) is 3.92. The van der Waals surface area contributed by atoms with Gasteiger partial charge in [-0.3, -0.25) is 9.59 Å². The summed E-state index contributed by atoms with van der Waals surface area (Å²) >= 11 is 6.76. The molecule has 30 heavy (non-hydrogen) atoms. The molecule has 0 fully saturated rings. The third kappa shape index (κ3) is 4.47. The number of fused-ring (bicyclic) bond motifs is 1. The molecule has 0 bridgehead atoms. The number of carbonyl (C=O) groups excluding carboxylic acids is 2. The fraction of sp³-hybridized carbons (Fsp3) is 0.300. The van der Waals surface area contributed by atoms with E-state index in [1.165, 1.54) is 0 Å². The van der Waals surface area contributed by atoms with E-state index in [1.807, 2.05) is 6.92 Å². The number of benzene rings is 1. The maximum absolute atomic E-state index is 13.2. The molecule has 0 aliphatic heterocycles. The van der Waals surface area contributed by atoms with Crippen LogP contribution in [0.25, 0.3) is 16.5 Å².